The van der Waals surface area contributed by atoms with E-state index in [-0.39, 0.29) is 18.4 Å². The second-order valence-electron chi connectivity index (χ2n) is 7.91. The Kier molecular flexibility index (Phi) is 5.26. The summed E-state index contributed by atoms with van der Waals surface area (Å²) in [4.78, 5) is 29.4. The highest BCUT2D eigenvalue weighted by Gasteiger charge is 2.33. The van der Waals surface area contributed by atoms with Crippen LogP contribution in [0.2, 0.25) is 0 Å². The van der Waals surface area contributed by atoms with Gasteiger partial charge in [0.1, 0.15) is 6.61 Å². The fourth-order valence-electron chi connectivity index (χ4n) is 4.04. The van der Waals surface area contributed by atoms with Crippen LogP contribution < -0.4 is 9.47 Å². The molecule has 8 nitrogen and oxygen atoms in total. The number of rotatable bonds is 3. The summed E-state index contributed by atoms with van der Waals surface area (Å²) < 4.78 is 13.3. The van der Waals surface area contributed by atoms with Crippen molar-refractivity contribution in [2.75, 3.05) is 32.8 Å². The molecule has 32 heavy (non-hydrogen) atoms. The maximum absolute atomic E-state index is 12.9. The number of carbonyl (C=O) groups is 2. The van der Waals surface area contributed by atoms with Gasteiger partial charge in [-0.3, -0.25) is 9.59 Å². The summed E-state index contributed by atoms with van der Waals surface area (Å²) in [6.45, 7) is 4.07. The Bertz CT molecular complexity index is 1130. The zero-order valence-corrected chi connectivity index (χ0v) is 17.8. The van der Waals surface area contributed by atoms with Gasteiger partial charge in [0, 0.05) is 43.6 Å². The van der Waals surface area contributed by atoms with Gasteiger partial charge in [-0.05, 0) is 49.4 Å². The van der Waals surface area contributed by atoms with Gasteiger partial charge in [-0.15, -0.1) is 0 Å². The lowest BCUT2D eigenvalue weighted by Gasteiger charge is -2.37. The number of aromatic nitrogens is 2. The van der Waals surface area contributed by atoms with E-state index in [0.29, 0.717) is 43.2 Å². The lowest BCUT2D eigenvalue weighted by atomic mass is 10.1. The standard InChI is InChI=1S/C24H24N4O4/c1-17-10-11-25-28(17)19-8-6-18(7-9-19)23(29)26-12-14-27(15-13-26)24(30)22-16-31-20-4-2-3-5-21(20)32-22/h2-11,22H,12-16H2,1H3. The van der Waals surface area contributed by atoms with Crippen molar-refractivity contribution in [1.29, 1.82) is 0 Å². The maximum atomic E-state index is 12.9. The number of para-hydroxylation sites is 2. The van der Waals surface area contributed by atoms with Gasteiger partial charge in [-0.2, -0.15) is 5.10 Å². The summed E-state index contributed by atoms with van der Waals surface area (Å²) in [7, 11) is 0. The van der Waals surface area contributed by atoms with Gasteiger partial charge in [0.15, 0.2) is 11.5 Å². The molecule has 1 unspecified atom stereocenters. The van der Waals surface area contributed by atoms with E-state index in [0.717, 1.165) is 11.4 Å². The minimum atomic E-state index is -0.662. The summed E-state index contributed by atoms with van der Waals surface area (Å²) >= 11 is 0. The molecule has 0 spiro atoms. The Balaban J connectivity index is 1.18. The lowest BCUT2D eigenvalue weighted by Crippen LogP contribution is -2.55. The number of benzene rings is 2. The molecule has 164 valence electrons. The Hall–Kier alpha value is -3.81. The summed E-state index contributed by atoms with van der Waals surface area (Å²) in [5.41, 5.74) is 2.57. The molecule has 1 saturated heterocycles. The van der Waals surface area contributed by atoms with Gasteiger partial charge in [0.2, 0.25) is 6.10 Å². The average Bonchev–Trinajstić information content (AvgIpc) is 3.29. The first-order valence-corrected chi connectivity index (χ1v) is 10.7. The first-order valence-electron chi connectivity index (χ1n) is 10.7. The van der Waals surface area contributed by atoms with Crippen LogP contribution >= 0.6 is 0 Å². The van der Waals surface area contributed by atoms with Crippen molar-refractivity contribution in [3.8, 4) is 17.2 Å². The van der Waals surface area contributed by atoms with Crippen LogP contribution in [0.4, 0.5) is 0 Å². The SMILES string of the molecule is Cc1ccnn1-c1ccc(C(=O)N2CCN(C(=O)C3COc4ccccc4O3)CC2)cc1. The van der Waals surface area contributed by atoms with Gasteiger partial charge in [0.25, 0.3) is 11.8 Å². The first kappa shape index (κ1) is 20.1. The van der Waals surface area contributed by atoms with Gasteiger partial charge in [-0.1, -0.05) is 12.1 Å². The monoisotopic (exact) mass is 432 g/mol. The summed E-state index contributed by atoms with van der Waals surface area (Å²) in [5, 5.41) is 4.29. The number of carbonyl (C=O) groups excluding carboxylic acids is 2. The van der Waals surface area contributed by atoms with E-state index in [1.165, 1.54) is 0 Å². The highest BCUT2D eigenvalue weighted by Crippen LogP contribution is 2.31. The van der Waals surface area contributed by atoms with Crippen molar-refractivity contribution in [2.24, 2.45) is 0 Å². The number of aryl methyl sites for hydroxylation is 1. The van der Waals surface area contributed by atoms with Crippen LogP contribution in [0.15, 0.2) is 60.8 Å². The second kappa shape index (κ2) is 8.37. The molecule has 2 aromatic carbocycles. The summed E-state index contributed by atoms with van der Waals surface area (Å²) in [6.07, 6.45) is 1.09. The lowest BCUT2D eigenvalue weighted by molar-refractivity contribution is -0.142. The fraction of sp³-hybridized carbons (Fsp3) is 0.292. The molecular weight excluding hydrogens is 408 g/mol. The van der Waals surface area contributed by atoms with E-state index in [1.807, 2.05) is 60.1 Å². The minimum absolute atomic E-state index is 0.0352. The topological polar surface area (TPSA) is 76.9 Å². The van der Waals surface area contributed by atoms with Crippen molar-refractivity contribution >= 4 is 11.8 Å². The predicted octanol–water partition coefficient (Wildman–Crippen LogP) is 2.31. The molecular formula is C24H24N4O4. The van der Waals surface area contributed by atoms with Crippen molar-refractivity contribution in [2.45, 2.75) is 13.0 Å². The number of piperazine rings is 1. The van der Waals surface area contributed by atoms with Gasteiger partial charge >= 0.3 is 0 Å². The number of nitrogens with zero attached hydrogens (tertiary/aromatic N) is 4. The van der Waals surface area contributed by atoms with Crippen LogP contribution in [0.5, 0.6) is 11.5 Å². The average molecular weight is 432 g/mol. The number of hydrogen-bond acceptors (Lipinski definition) is 5. The Labute approximate surface area is 185 Å². The highest BCUT2D eigenvalue weighted by atomic mass is 16.6. The van der Waals surface area contributed by atoms with E-state index in [4.69, 9.17) is 9.47 Å². The molecule has 3 aromatic rings. The van der Waals surface area contributed by atoms with Crippen molar-refractivity contribution < 1.29 is 19.1 Å². The molecule has 2 aliphatic heterocycles. The zero-order chi connectivity index (χ0) is 22.1. The molecule has 8 heteroatoms. The summed E-state index contributed by atoms with van der Waals surface area (Å²) in [5.74, 6) is 1.10. The van der Waals surface area contributed by atoms with Gasteiger partial charge in [-0.25, -0.2) is 4.68 Å². The third-order valence-electron chi connectivity index (χ3n) is 5.85. The molecule has 5 rings (SSSR count). The van der Waals surface area contributed by atoms with Gasteiger partial charge < -0.3 is 19.3 Å². The van der Waals surface area contributed by atoms with E-state index in [1.54, 1.807) is 22.1 Å². The van der Waals surface area contributed by atoms with Crippen molar-refractivity contribution in [1.82, 2.24) is 19.6 Å². The molecule has 0 saturated carbocycles. The molecule has 2 aliphatic rings. The highest BCUT2D eigenvalue weighted by molar-refractivity contribution is 5.94. The quantitative estimate of drug-likeness (QED) is 0.635. The summed E-state index contributed by atoms with van der Waals surface area (Å²) in [6, 6.07) is 16.7. The van der Waals surface area contributed by atoms with E-state index in [9.17, 15) is 9.59 Å². The molecule has 3 heterocycles. The third kappa shape index (κ3) is 3.79. The predicted molar refractivity (Wildman–Crippen MR) is 117 cm³/mol. The number of amides is 2. The molecule has 0 radical (unpaired) electrons. The molecule has 2 amide bonds. The van der Waals surface area contributed by atoms with Crippen LogP contribution in [0.25, 0.3) is 5.69 Å². The van der Waals surface area contributed by atoms with E-state index < -0.39 is 6.10 Å². The smallest absolute Gasteiger partial charge is 0.267 e. The van der Waals surface area contributed by atoms with Crippen molar-refractivity contribution in [3.63, 3.8) is 0 Å². The van der Waals surface area contributed by atoms with Crippen LogP contribution in [0.1, 0.15) is 16.1 Å². The largest absolute Gasteiger partial charge is 0.485 e. The Morgan fingerprint density at radius 1 is 0.906 bits per heavy atom. The van der Waals surface area contributed by atoms with Crippen LogP contribution in [0.3, 0.4) is 0 Å². The molecule has 1 atom stereocenters. The molecule has 0 N–H and O–H groups in total. The van der Waals surface area contributed by atoms with Gasteiger partial charge in [0.05, 0.1) is 5.69 Å². The minimum Gasteiger partial charge on any atom is -0.485 e. The molecule has 0 bridgehead atoms. The van der Waals surface area contributed by atoms with E-state index >= 15 is 0 Å². The zero-order valence-electron chi connectivity index (χ0n) is 17.8. The third-order valence-corrected chi connectivity index (χ3v) is 5.85. The van der Waals surface area contributed by atoms with Crippen LogP contribution in [-0.4, -0.2) is 70.3 Å². The van der Waals surface area contributed by atoms with Crippen molar-refractivity contribution in [3.05, 3.63) is 72.1 Å². The van der Waals surface area contributed by atoms with Crippen LogP contribution in [-0.2, 0) is 4.79 Å². The fourth-order valence-corrected chi connectivity index (χ4v) is 4.04. The normalized spacial score (nSPS) is 17.8. The number of hydrogen-bond donors (Lipinski definition) is 0. The number of fused-ring (bicyclic) bond motifs is 1. The molecule has 1 aromatic heterocycles. The molecule has 1 fully saturated rings. The molecule has 0 aliphatic carbocycles. The number of ether oxygens (including phenoxy) is 2. The first-order chi connectivity index (χ1) is 15.6. The maximum Gasteiger partial charge on any atom is 0.267 e. The second-order valence-corrected chi connectivity index (χ2v) is 7.91. The van der Waals surface area contributed by atoms with E-state index in [2.05, 4.69) is 5.10 Å². The Morgan fingerprint density at radius 3 is 2.28 bits per heavy atom. The Morgan fingerprint density at radius 2 is 1.59 bits per heavy atom. The van der Waals surface area contributed by atoms with Crippen LogP contribution in [0, 0.1) is 6.92 Å².